The van der Waals surface area contributed by atoms with Crippen LogP contribution in [0.15, 0.2) is 48.5 Å². The largest absolute Gasteiger partial charge is 0.494 e. The van der Waals surface area contributed by atoms with Crippen LogP contribution in [0.3, 0.4) is 0 Å². The Hall–Kier alpha value is -2.62. The molecular formula is C19H20O4. The Labute approximate surface area is 136 Å². The molecule has 0 spiro atoms. The van der Waals surface area contributed by atoms with Crippen molar-refractivity contribution in [1.82, 2.24) is 0 Å². The lowest BCUT2D eigenvalue weighted by atomic mass is 10.1. The molecule has 0 amide bonds. The summed E-state index contributed by atoms with van der Waals surface area (Å²) >= 11 is 0. The minimum Gasteiger partial charge on any atom is -0.494 e. The molecule has 0 bridgehead atoms. The van der Waals surface area contributed by atoms with Gasteiger partial charge in [-0.3, -0.25) is 4.79 Å². The smallest absolute Gasteiger partial charge is 0.343 e. The molecule has 0 aliphatic heterocycles. The predicted molar refractivity (Wildman–Crippen MR) is 88.3 cm³/mol. The van der Waals surface area contributed by atoms with Gasteiger partial charge in [0.05, 0.1) is 12.2 Å². The normalized spacial score (nSPS) is 10.2. The molecule has 0 heterocycles. The second-order valence-electron chi connectivity index (χ2n) is 5.20. The van der Waals surface area contributed by atoms with Gasteiger partial charge in [0, 0.05) is 5.56 Å². The molecular weight excluding hydrogens is 292 g/mol. The fraction of sp³-hybridized carbons (Fsp3) is 0.263. The maximum Gasteiger partial charge on any atom is 0.343 e. The summed E-state index contributed by atoms with van der Waals surface area (Å²) < 4.78 is 10.9. The highest BCUT2D eigenvalue weighted by molar-refractivity contribution is 5.94. The Morgan fingerprint density at radius 2 is 1.70 bits per heavy atom. The van der Waals surface area contributed by atoms with Crippen LogP contribution < -0.4 is 9.47 Å². The average Bonchev–Trinajstić information content (AvgIpc) is 2.56. The highest BCUT2D eigenvalue weighted by Gasteiger charge is 2.10. The Kier molecular flexibility index (Phi) is 5.92. The number of benzene rings is 2. The second-order valence-corrected chi connectivity index (χ2v) is 5.20. The maximum absolute atomic E-state index is 12.2. The first kappa shape index (κ1) is 16.7. The number of rotatable bonds is 7. The summed E-state index contributed by atoms with van der Waals surface area (Å²) in [6.45, 7) is 4.21. The van der Waals surface area contributed by atoms with Gasteiger partial charge < -0.3 is 9.47 Å². The van der Waals surface area contributed by atoms with Crippen molar-refractivity contribution in [3.8, 4) is 11.5 Å². The zero-order valence-electron chi connectivity index (χ0n) is 13.4. The van der Waals surface area contributed by atoms with Crippen molar-refractivity contribution in [2.75, 3.05) is 6.61 Å². The summed E-state index contributed by atoms with van der Waals surface area (Å²) in [5.41, 5.74) is 1.01. The summed E-state index contributed by atoms with van der Waals surface area (Å²) in [5.74, 6) is 0.568. The van der Waals surface area contributed by atoms with Gasteiger partial charge in [-0.15, -0.1) is 0 Å². The van der Waals surface area contributed by atoms with Gasteiger partial charge in [0.25, 0.3) is 0 Å². The van der Waals surface area contributed by atoms with Gasteiger partial charge in [-0.1, -0.05) is 19.4 Å². The van der Waals surface area contributed by atoms with Gasteiger partial charge in [0.2, 0.25) is 0 Å². The number of esters is 1. The first-order valence-electron chi connectivity index (χ1n) is 7.66. The van der Waals surface area contributed by atoms with E-state index in [0.717, 1.165) is 12.8 Å². The van der Waals surface area contributed by atoms with Crippen molar-refractivity contribution < 1.29 is 19.1 Å². The van der Waals surface area contributed by atoms with Crippen LogP contribution in [0.2, 0.25) is 0 Å². The van der Waals surface area contributed by atoms with E-state index in [-0.39, 0.29) is 5.78 Å². The lowest BCUT2D eigenvalue weighted by molar-refractivity contribution is 0.0734. The molecule has 23 heavy (non-hydrogen) atoms. The van der Waals surface area contributed by atoms with Crippen molar-refractivity contribution in [2.24, 2.45) is 0 Å². The molecule has 0 aliphatic rings. The molecule has 4 nitrogen and oxygen atoms in total. The number of hydrogen-bond acceptors (Lipinski definition) is 4. The Morgan fingerprint density at radius 3 is 2.35 bits per heavy atom. The number of carbonyl (C=O) groups is 2. The van der Waals surface area contributed by atoms with Crippen LogP contribution in [0.5, 0.6) is 11.5 Å². The minimum absolute atomic E-state index is 0.0280. The van der Waals surface area contributed by atoms with Gasteiger partial charge in [0.1, 0.15) is 11.5 Å². The first-order valence-corrected chi connectivity index (χ1v) is 7.66. The van der Waals surface area contributed by atoms with E-state index in [0.29, 0.717) is 29.2 Å². The number of ether oxygens (including phenoxy) is 2. The molecule has 120 valence electrons. The van der Waals surface area contributed by atoms with Crippen molar-refractivity contribution in [1.29, 1.82) is 0 Å². The number of Topliss-reactive ketones (excluding diaryl/α,β-unsaturated/α-hetero) is 1. The number of unbranched alkanes of at least 4 members (excludes halogenated alkanes) is 1. The zero-order chi connectivity index (χ0) is 16.7. The van der Waals surface area contributed by atoms with E-state index in [2.05, 4.69) is 6.92 Å². The van der Waals surface area contributed by atoms with E-state index in [1.165, 1.54) is 6.92 Å². The molecule has 4 heteroatoms. The second kappa shape index (κ2) is 8.13. The van der Waals surface area contributed by atoms with Crippen LogP contribution in [-0.4, -0.2) is 18.4 Å². The van der Waals surface area contributed by atoms with Crippen LogP contribution in [0, 0.1) is 0 Å². The van der Waals surface area contributed by atoms with Gasteiger partial charge in [-0.2, -0.15) is 0 Å². The third-order valence-electron chi connectivity index (χ3n) is 3.31. The van der Waals surface area contributed by atoms with E-state index in [1.54, 1.807) is 42.5 Å². The lowest BCUT2D eigenvalue weighted by Gasteiger charge is -2.08. The van der Waals surface area contributed by atoms with E-state index >= 15 is 0 Å². The van der Waals surface area contributed by atoms with Crippen LogP contribution >= 0.6 is 0 Å². The minimum atomic E-state index is -0.457. The molecule has 0 radical (unpaired) electrons. The average molecular weight is 312 g/mol. The third-order valence-corrected chi connectivity index (χ3v) is 3.31. The topological polar surface area (TPSA) is 52.6 Å². The Balaban J connectivity index is 2.02. The summed E-state index contributed by atoms with van der Waals surface area (Å²) in [7, 11) is 0. The fourth-order valence-corrected chi connectivity index (χ4v) is 1.97. The quantitative estimate of drug-likeness (QED) is 0.331. The Bertz CT molecular complexity index is 674. The fourth-order valence-electron chi connectivity index (χ4n) is 1.97. The van der Waals surface area contributed by atoms with Crippen LogP contribution in [-0.2, 0) is 0 Å². The molecule has 0 saturated carbocycles. The molecule has 2 aromatic carbocycles. The van der Waals surface area contributed by atoms with E-state index in [9.17, 15) is 9.59 Å². The summed E-state index contributed by atoms with van der Waals surface area (Å²) in [6.07, 6.45) is 2.02. The molecule has 0 fully saturated rings. The summed E-state index contributed by atoms with van der Waals surface area (Å²) in [6, 6.07) is 13.4. The number of hydrogen-bond donors (Lipinski definition) is 0. The zero-order valence-corrected chi connectivity index (χ0v) is 13.4. The van der Waals surface area contributed by atoms with Crippen molar-refractivity contribution in [3.63, 3.8) is 0 Å². The molecule has 2 aromatic rings. The van der Waals surface area contributed by atoms with Crippen LogP contribution in [0.25, 0.3) is 0 Å². The van der Waals surface area contributed by atoms with E-state index < -0.39 is 5.97 Å². The molecule has 0 saturated heterocycles. The van der Waals surface area contributed by atoms with Gasteiger partial charge in [-0.05, 0) is 55.8 Å². The molecule has 0 atom stereocenters. The van der Waals surface area contributed by atoms with E-state index in [1.807, 2.05) is 6.07 Å². The van der Waals surface area contributed by atoms with Gasteiger partial charge in [-0.25, -0.2) is 4.79 Å². The van der Waals surface area contributed by atoms with Gasteiger partial charge in [0.15, 0.2) is 5.78 Å². The van der Waals surface area contributed by atoms with Crippen LogP contribution in [0.1, 0.15) is 47.4 Å². The SMILES string of the molecule is CCCCOc1cccc(C(=O)Oc2ccc(C(C)=O)cc2)c1. The van der Waals surface area contributed by atoms with Crippen molar-refractivity contribution in [3.05, 3.63) is 59.7 Å². The van der Waals surface area contributed by atoms with Crippen LogP contribution in [0.4, 0.5) is 0 Å². The molecule has 0 aromatic heterocycles. The van der Waals surface area contributed by atoms with Crippen molar-refractivity contribution >= 4 is 11.8 Å². The van der Waals surface area contributed by atoms with Gasteiger partial charge >= 0.3 is 5.97 Å². The van der Waals surface area contributed by atoms with Crippen molar-refractivity contribution in [2.45, 2.75) is 26.7 Å². The molecule has 0 N–H and O–H groups in total. The van der Waals surface area contributed by atoms with E-state index in [4.69, 9.17) is 9.47 Å². The monoisotopic (exact) mass is 312 g/mol. The lowest BCUT2D eigenvalue weighted by Crippen LogP contribution is -2.09. The summed E-state index contributed by atoms with van der Waals surface area (Å²) in [4.78, 5) is 23.4. The third kappa shape index (κ3) is 4.95. The maximum atomic E-state index is 12.2. The highest BCUT2D eigenvalue weighted by atomic mass is 16.5. The number of carbonyl (C=O) groups excluding carboxylic acids is 2. The predicted octanol–water partition coefficient (Wildman–Crippen LogP) is 4.29. The molecule has 2 rings (SSSR count). The summed E-state index contributed by atoms with van der Waals surface area (Å²) in [5, 5.41) is 0. The molecule has 0 unspecified atom stereocenters. The molecule has 0 aliphatic carbocycles. The standard InChI is InChI=1S/C19H20O4/c1-3-4-12-22-18-7-5-6-16(13-18)19(21)23-17-10-8-15(9-11-17)14(2)20/h5-11,13H,3-4,12H2,1-2H3. The Morgan fingerprint density at radius 1 is 0.957 bits per heavy atom. The highest BCUT2D eigenvalue weighted by Crippen LogP contribution is 2.18. The first-order chi connectivity index (χ1) is 11.1. The number of ketones is 1.